The van der Waals surface area contributed by atoms with E-state index in [9.17, 15) is 9.59 Å². The molecule has 2 aromatic carbocycles. The quantitative estimate of drug-likeness (QED) is 0.103. The number of benzene rings is 2. The lowest BCUT2D eigenvalue weighted by molar-refractivity contribution is 0.0971. The van der Waals surface area contributed by atoms with Gasteiger partial charge in [0.2, 0.25) is 0 Å². The summed E-state index contributed by atoms with van der Waals surface area (Å²) < 4.78 is 0. The number of nitrogens with one attached hydrogen (secondary N) is 1. The van der Waals surface area contributed by atoms with Crippen molar-refractivity contribution in [2.24, 2.45) is 0 Å². The maximum Gasteiger partial charge on any atom is 0.162 e. The van der Waals surface area contributed by atoms with Crippen molar-refractivity contribution in [2.75, 3.05) is 0 Å². The van der Waals surface area contributed by atoms with Gasteiger partial charge in [-0.25, -0.2) is 0 Å². The Morgan fingerprint density at radius 3 is 1.18 bits per heavy atom. The standard InChI is InChI=1S/C36H53NO2/c1-3-5-7-9-11-13-15-17-19-21-35(38)29-23-25-33-31(27-29)32-28-30(24-26-34(32)37-33)36(39)22-20-18-16-14-12-10-8-6-4-2/h23-28,37H,3-22H2,1-2H3. The maximum absolute atomic E-state index is 12.9. The van der Waals surface area contributed by atoms with Crippen LogP contribution in [0.25, 0.3) is 21.8 Å². The Morgan fingerprint density at radius 2 is 0.821 bits per heavy atom. The molecule has 0 aliphatic rings. The van der Waals surface area contributed by atoms with E-state index in [4.69, 9.17) is 0 Å². The van der Waals surface area contributed by atoms with Crippen LogP contribution in [-0.4, -0.2) is 16.6 Å². The van der Waals surface area contributed by atoms with E-state index in [2.05, 4.69) is 18.8 Å². The lowest BCUT2D eigenvalue weighted by atomic mass is 9.99. The zero-order valence-electron chi connectivity index (χ0n) is 24.9. The number of aromatic amines is 1. The molecule has 0 saturated carbocycles. The van der Waals surface area contributed by atoms with Crippen LogP contribution in [0.2, 0.25) is 0 Å². The van der Waals surface area contributed by atoms with Gasteiger partial charge in [-0.2, -0.15) is 0 Å². The van der Waals surface area contributed by atoms with Crippen molar-refractivity contribution in [2.45, 2.75) is 142 Å². The zero-order chi connectivity index (χ0) is 27.7. The normalized spacial score (nSPS) is 11.5. The summed E-state index contributed by atoms with van der Waals surface area (Å²) in [5, 5.41) is 2.08. The molecule has 1 heterocycles. The second kappa shape index (κ2) is 18.0. The summed E-state index contributed by atoms with van der Waals surface area (Å²) in [5.41, 5.74) is 3.62. The van der Waals surface area contributed by atoms with Gasteiger partial charge in [0, 0.05) is 45.8 Å². The van der Waals surface area contributed by atoms with E-state index in [1.54, 1.807) is 0 Å². The highest BCUT2D eigenvalue weighted by Crippen LogP contribution is 2.28. The number of aromatic nitrogens is 1. The summed E-state index contributed by atoms with van der Waals surface area (Å²) in [7, 11) is 0. The highest BCUT2D eigenvalue weighted by atomic mass is 16.1. The molecule has 0 aliphatic heterocycles. The van der Waals surface area contributed by atoms with Crippen LogP contribution in [-0.2, 0) is 0 Å². The van der Waals surface area contributed by atoms with E-state index in [1.807, 2.05) is 36.4 Å². The van der Waals surface area contributed by atoms with E-state index in [0.29, 0.717) is 12.8 Å². The van der Waals surface area contributed by atoms with Gasteiger partial charge in [0.25, 0.3) is 0 Å². The Bertz CT molecular complexity index is 1050. The molecule has 3 aromatic rings. The minimum absolute atomic E-state index is 0.229. The first-order chi connectivity index (χ1) is 19.1. The van der Waals surface area contributed by atoms with Gasteiger partial charge in [0.1, 0.15) is 0 Å². The summed E-state index contributed by atoms with van der Waals surface area (Å²) in [6, 6.07) is 12.0. The molecule has 3 nitrogen and oxygen atoms in total. The molecule has 0 saturated heterocycles. The number of H-pyrrole nitrogens is 1. The minimum atomic E-state index is 0.229. The Hall–Kier alpha value is -2.42. The van der Waals surface area contributed by atoms with Crippen LogP contribution in [0.3, 0.4) is 0 Å². The molecule has 39 heavy (non-hydrogen) atoms. The molecular weight excluding hydrogens is 478 g/mol. The van der Waals surface area contributed by atoms with Crippen molar-refractivity contribution in [1.29, 1.82) is 0 Å². The van der Waals surface area contributed by atoms with Crippen molar-refractivity contribution in [3.8, 4) is 0 Å². The maximum atomic E-state index is 12.9. The highest BCUT2D eigenvalue weighted by Gasteiger charge is 2.13. The average Bonchev–Trinajstić information content (AvgIpc) is 3.32. The molecule has 0 fully saturated rings. The molecule has 214 valence electrons. The van der Waals surface area contributed by atoms with Gasteiger partial charge < -0.3 is 4.98 Å². The van der Waals surface area contributed by atoms with Crippen LogP contribution in [0.5, 0.6) is 0 Å². The molecular formula is C36H53NO2. The second-order valence-electron chi connectivity index (χ2n) is 11.6. The highest BCUT2D eigenvalue weighted by molar-refractivity contribution is 6.12. The number of fused-ring (bicyclic) bond motifs is 3. The summed E-state index contributed by atoms with van der Waals surface area (Å²) in [4.78, 5) is 29.3. The fourth-order valence-corrected chi connectivity index (χ4v) is 5.73. The van der Waals surface area contributed by atoms with Gasteiger partial charge in [0.05, 0.1) is 0 Å². The lowest BCUT2D eigenvalue weighted by Crippen LogP contribution is -1.99. The summed E-state index contributed by atoms with van der Waals surface area (Å²) in [6.07, 6.45) is 23.9. The third-order valence-corrected chi connectivity index (χ3v) is 8.26. The molecule has 3 heteroatoms. The van der Waals surface area contributed by atoms with Crippen LogP contribution in [0.4, 0.5) is 0 Å². The van der Waals surface area contributed by atoms with E-state index < -0.39 is 0 Å². The number of carbonyl (C=O) groups is 2. The van der Waals surface area contributed by atoms with Crippen LogP contribution < -0.4 is 0 Å². The van der Waals surface area contributed by atoms with Crippen LogP contribution >= 0.6 is 0 Å². The van der Waals surface area contributed by atoms with Crippen molar-refractivity contribution in [3.63, 3.8) is 0 Å². The van der Waals surface area contributed by atoms with E-state index in [0.717, 1.165) is 58.6 Å². The van der Waals surface area contributed by atoms with Crippen LogP contribution in [0.1, 0.15) is 163 Å². The van der Waals surface area contributed by atoms with E-state index in [-0.39, 0.29) is 11.6 Å². The second-order valence-corrected chi connectivity index (χ2v) is 11.6. The molecule has 3 rings (SSSR count). The number of unbranched alkanes of at least 4 members (excludes halogenated alkanes) is 16. The van der Waals surface area contributed by atoms with E-state index >= 15 is 0 Å². The van der Waals surface area contributed by atoms with Gasteiger partial charge >= 0.3 is 0 Å². The van der Waals surface area contributed by atoms with Gasteiger partial charge in [0.15, 0.2) is 11.6 Å². The molecule has 0 spiro atoms. The van der Waals surface area contributed by atoms with Crippen molar-refractivity contribution in [3.05, 3.63) is 47.5 Å². The molecule has 0 bridgehead atoms. The first kappa shape index (κ1) is 31.1. The number of Topliss-reactive ketones (excluding diaryl/α,β-unsaturated/α-hetero) is 2. The third-order valence-electron chi connectivity index (χ3n) is 8.26. The van der Waals surface area contributed by atoms with Crippen LogP contribution in [0.15, 0.2) is 36.4 Å². The molecule has 0 unspecified atom stereocenters. The summed E-state index contributed by atoms with van der Waals surface area (Å²) >= 11 is 0. The third kappa shape index (κ3) is 10.6. The van der Waals surface area contributed by atoms with Gasteiger partial charge in [-0.15, -0.1) is 0 Å². The summed E-state index contributed by atoms with van der Waals surface area (Å²) in [5.74, 6) is 0.457. The average molecular weight is 532 g/mol. The fraction of sp³-hybridized carbons (Fsp3) is 0.611. The number of hydrogen-bond acceptors (Lipinski definition) is 2. The Balaban J connectivity index is 1.47. The van der Waals surface area contributed by atoms with Gasteiger partial charge in [-0.05, 0) is 49.2 Å². The number of carbonyl (C=O) groups excluding carboxylic acids is 2. The fourth-order valence-electron chi connectivity index (χ4n) is 5.73. The number of rotatable bonds is 22. The molecule has 0 amide bonds. The van der Waals surface area contributed by atoms with Crippen molar-refractivity contribution in [1.82, 2.24) is 4.98 Å². The predicted octanol–water partition coefficient (Wildman–Crippen LogP) is 11.5. The Morgan fingerprint density at radius 1 is 0.487 bits per heavy atom. The summed E-state index contributed by atoms with van der Waals surface area (Å²) in [6.45, 7) is 4.51. The SMILES string of the molecule is CCCCCCCCCCCC(=O)c1ccc2[nH]c3ccc(C(=O)CCCCCCCCCCC)cc3c2c1. The molecule has 0 atom stereocenters. The van der Waals surface area contributed by atoms with Crippen molar-refractivity contribution < 1.29 is 9.59 Å². The topological polar surface area (TPSA) is 49.9 Å². The van der Waals surface area contributed by atoms with Gasteiger partial charge in [-0.3, -0.25) is 9.59 Å². The molecule has 0 aliphatic carbocycles. The van der Waals surface area contributed by atoms with Crippen molar-refractivity contribution >= 4 is 33.4 Å². The molecule has 0 radical (unpaired) electrons. The smallest absolute Gasteiger partial charge is 0.162 e. The van der Waals surface area contributed by atoms with E-state index in [1.165, 1.54) is 89.9 Å². The van der Waals surface area contributed by atoms with Crippen LogP contribution in [0, 0.1) is 0 Å². The predicted molar refractivity (Wildman–Crippen MR) is 168 cm³/mol. The minimum Gasteiger partial charge on any atom is -0.355 e. The lowest BCUT2D eigenvalue weighted by Gasteiger charge is -2.04. The monoisotopic (exact) mass is 531 g/mol. The Labute approximate surface area is 237 Å². The zero-order valence-corrected chi connectivity index (χ0v) is 24.9. The first-order valence-corrected chi connectivity index (χ1v) is 16.3. The molecule has 1 aromatic heterocycles. The first-order valence-electron chi connectivity index (χ1n) is 16.3. The largest absolute Gasteiger partial charge is 0.355 e. The number of ketones is 2. The van der Waals surface area contributed by atoms with Gasteiger partial charge in [-0.1, -0.05) is 117 Å². The Kier molecular flexibility index (Phi) is 14.4. The molecule has 1 N–H and O–H groups in total. The number of hydrogen-bond donors (Lipinski definition) is 1.